The highest BCUT2D eigenvalue weighted by Gasteiger charge is 2.22. The first kappa shape index (κ1) is 14.5. The Hall–Kier alpha value is -0.610. The van der Waals surface area contributed by atoms with E-state index in [4.69, 9.17) is 16.3 Å². The number of alkyl halides is 1. The summed E-state index contributed by atoms with van der Waals surface area (Å²) in [6.07, 6.45) is 2.03. The van der Waals surface area contributed by atoms with Crippen LogP contribution >= 0.6 is 11.6 Å². The summed E-state index contributed by atoms with van der Waals surface area (Å²) in [7, 11) is 1.73. The van der Waals surface area contributed by atoms with Gasteiger partial charge in [-0.15, -0.1) is 21.8 Å². The molecule has 17 heavy (non-hydrogen) atoms. The molecule has 5 heteroatoms. The quantitative estimate of drug-likeness (QED) is 0.764. The summed E-state index contributed by atoms with van der Waals surface area (Å²) in [6.45, 7) is 8.46. The number of hydrogen-bond donors (Lipinski definition) is 0. The number of aromatic nitrogens is 3. The van der Waals surface area contributed by atoms with Crippen LogP contribution in [-0.2, 0) is 22.6 Å². The van der Waals surface area contributed by atoms with Gasteiger partial charge in [0, 0.05) is 19.1 Å². The van der Waals surface area contributed by atoms with Crippen molar-refractivity contribution < 1.29 is 4.74 Å². The SMILES string of the molecule is COC(C)CCc1nnc(CCl)n1C(C)(C)C. The van der Waals surface area contributed by atoms with Crippen molar-refractivity contribution in [1.29, 1.82) is 0 Å². The first-order chi connectivity index (χ1) is 7.90. The summed E-state index contributed by atoms with van der Waals surface area (Å²) >= 11 is 5.89. The molecule has 4 nitrogen and oxygen atoms in total. The number of methoxy groups -OCH3 is 1. The van der Waals surface area contributed by atoms with E-state index in [9.17, 15) is 0 Å². The minimum atomic E-state index is -0.0423. The molecule has 0 amide bonds. The Morgan fingerprint density at radius 1 is 1.29 bits per heavy atom. The molecule has 1 rings (SSSR count). The lowest BCUT2D eigenvalue weighted by molar-refractivity contribution is 0.110. The van der Waals surface area contributed by atoms with Gasteiger partial charge in [-0.3, -0.25) is 0 Å². The molecule has 1 heterocycles. The van der Waals surface area contributed by atoms with Gasteiger partial charge in [0.25, 0.3) is 0 Å². The Balaban J connectivity index is 2.89. The van der Waals surface area contributed by atoms with Crippen molar-refractivity contribution in [2.45, 2.75) is 58.1 Å². The number of ether oxygens (including phenoxy) is 1. The minimum Gasteiger partial charge on any atom is -0.382 e. The van der Waals surface area contributed by atoms with Crippen LogP contribution in [-0.4, -0.2) is 28.0 Å². The first-order valence-electron chi connectivity index (χ1n) is 5.92. The van der Waals surface area contributed by atoms with Crippen molar-refractivity contribution in [3.63, 3.8) is 0 Å². The molecule has 0 radical (unpaired) electrons. The summed E-state index contributed by atoms with van der Waals surface area (Å²) in [6, 6.07) is 0. The summed E-state index contributed by atoms with van der Waals surface area (Å²) in [5.41, 5.74) is -0.0423. The van der Waals surface area contributed by atoms with E-state index in [0.29, 0.717) is 5.88 Å². The molecule has 0 aliphatic rings. The second-order valence-corrected chi connectivity index (χ2v) is 5.52. The van der Waals surface area contributed by atoms with E-state index in [0.717, 1.165) is 24.5 Å². The molecule has 0 aromatic carbocycles. The Morgan fingerprint density at radius 3 is 2.35 bits per heavy atom. The zero-order valence-corrected chi connectivity index (χ0v) is 12.1. The molecule has 0 saturated carbocycles. The fourth-order valence-corrected chi connectivity index (χ4v) is 2.00. The summed E-state index contributed by atoms with van der Waals surface area (Å²) in [4.78, 5) is 0. The summed E-state index contributed by atoms with van der Waals surface area (Å²) in [5, 5.41) is 8.38. The lowest BCUT2D eigenvalue weighted by Crippen LogP contribution is -2.26. The standard InChI is InChI=1S/C12H22ClN3O/c1-9(17-5)6-7-10-14-15-11(8-13)16(10)12(2,3)4/h9H,6-8H2,1-5H3. The van der Waals surface area contributed by atoms with Gasteiger partial charge < -0.3 is 9.30 Å². The van der Waals surface area contributed by atoms with Gasteiger partial charge in [-0.2, -0.15) is 0 Å². The van der Waals surface area contributed by atoms with Crippen molar-refractivity contribution in [3.8, 4) is 0 Å². The zero-order valence-electron chi connectivity index (χ0n) is 11.3. The average molecular weight is 260 g/mol. The third-order valence-corrected chi connectivity index (χ3v) is 3.00. The Kier molecular flexibility index (Phi) is 4.95. The number of rotatable bonds is 5. The predicted molar refractivity (Wildman–Crippen MR) is 69.4 cm³/mol. The minimum absolute atomic E-state index is 0.0423. The molecule has 0 N–H and O–H groups in total. The monoisotopic (exact) mass is 259 g/mol. The van der Waals surface area contributed by atoms with Crippen LogP contribution in [0.4, 0.5) is 0 Å². The van der Waals surface area contributed by atoms with E-state index >= 15 is 0 Å². The van der Waals surface area contributed by atoms with Crippen LogP contribution in [0.2, 0.25) is 0 Å². The fraction of sp³-hybridized carbons (Fsp3) is 0.833. The molecule has 0 bridgehead atoms. The van der Waals surface area contributed by atoms with Gasteiger partial charge >= 0.3 is 0 Å². The van der Waals surface area contributed by atoms with Gasteiger partial charge in [0.05, 0.1) is 12.0 Å². The highest BCUT2D eigenvalue weighted by atomic mass is 35.5. The smallest absolute Gasteiger partial charge is 0.148 e. The molecule has 0 spiro atoms. The Labute approximate surface area is 108 Å². The highest BCUT2D eigenvalue weighted by molar-refractivity contribution is 6.16. The van der Waals surface area contributed by atoms with Gasteiger partial charge in [-0.25, -0.2) is 0 Å². The van der Waals surface area contributed by atoms with E-state index < -0.39 is 0 Å². The van der Waals surface area contributed by atoms with E-state index in [-0.39, 0.29) is 11.6 Å². The molecular formula is C12H22ClN3O. The molecule has 0 saturated heterocycles. The maximum absolute atomic E-state index is 5.89. The van der Waals surface area contributed by atoms with Crippen LogP contribution in [0.5, 0.6) is 0 Å². The predicted octanol–water partition coefficient (Wildman–Crippen LogP) is 2.74. The average Bonchev–Trinajstić information content (AvgIpc) is 2.68. The fourth-order valence-electron chi connectivity index (χ4n) is 1.83. The van der Waals surface area contributed by atoms with Crippen molar-refractivity contribution in [2.24, 2.45) is 0 Å². The third kappa shape index (κ3) is 3.68. The van der Waals surface area contributed by atoms with Gasteiger partial charge in [-0.05, 0) is 34.1 Å². The van der Waals surface area contributed by atoms with Crippen LogP contribution in [0.25, 0.3) is 0 Å². The molecule has 98 valence electrons. The Morgan fingerprint density at radius 2 is 1.88 bits per heavy atom. The molecule has 0 aliphatic heterocycles. The van der Waals surface area contributed by atoms with Gasteiger partial charge in [-0.1, -0.05) is 0 Å². The van der Waals surface area contributed by atoms with E-state index in [1.807, 2.05) is 0 Å². The van der Waals surface area contributed by atoms with Gasteiger partial charge in [0.2, 0.25) is 0 Å². The molecule has 0 aliphatic carbocycles. The lowest BCUT2D eigenvalue weighted by atomic mass is 10.1. The highest BCUT2D eigenvalue weighted by Crippen LogP contribution is 2.20. The maximum Gasteiger partial charge on any atom is 0.148 e. The summed E-state index contributed by atoms with van der Waals surface area (Å²) < 4.78 is 7.37. The molecule has 0 fully saturated rings. The topological polar surface area (TPSA) is 39.9 Å². The Bertz CT molecular complexity index is 357. The van der Waals surface area contributed by atoms with Gasteiger partial charge in [0.1, 0.15) is 11.6 Å². The normalized spacial score (nSPS) is 14.0. The molecule has 1 aromatic heterocycles. The third-order valence-electron chi connectivity index (χ3n) is 2.76. The van der Waals surface area contributed by atoms with Gasteiger partial charge in [0.15, 0.2) is 0 Å². The van der Waals surface area contributed by atoms with Crippen LogP contribution in [0.15, 0.2) is 0 Å². The van der Waals surface area contributed by atoms with Crippen LogP contribution < -0.4 is 0 Å². The number of aryl methyl sites for hydroxylation is 1. The number of hydrogen-bond acceptors (Lipinski definition) is 3. The van der Waals surface area contributed by atoms with E-state index in [1.165, 1.54) is 0 Å². The number of halogens is 1. The van der Waals surface area contributed by atoms with E-state index in [1.54, 1.807) is 7.11 Å². The largest absolute Gasteiger partial charge is 0.382 e. The molecule has 1 unspecified atom stereocenters. The second-order valence-electron chi connectivity index (χ2n) is 5.26. The van der Waals surface area contributed by atoms with Crippen molar-refractivity contribution in [3.05, 3.63) is 11.6 Å². The lowest BCUT2D eigenvalue weighted by Gasteiger charge is -2.24. The van der Waals surface area contributed by atoms with Crippen LogP contribution in [0.3, 0.4) is 0 Å². The maximum atomic E-state index is 5.89. The number of nitrogens with zero attached hydrogens (tertiary/aromatic N) is 3. The zero-order chi connectivity index (χ0) is 13.1. The molecular weight excluding hydrogens is 238 g/mol. The summed E-state index contributed by atoms with van der Waals surface area (Å²) in [5.74, 6) is 2.21. The first-order valence-corrected chi connectivity index (χ1v) is 6.46. The van der Waals surface area contributed by atoms with Crippen LogP contribution in [0, 0.1) is 0 Å². The molecule has 1 atom stereocenters. The van der Waals surface area contributed by atoms with Crippen molar-refractivity contribution >= 4 is 11.6 Å². The van der Waals surface area contributed by atoms with Crippen molar-refractivity contribution in [1.82, 2.24) is 14.8 Å². The van der Waals surface area contributed by atoms with Crippen molar-refractivity contribution in [2.75, 3.05) is 7.11 Å². The molecule has 1 aromatic rings. The second kappa shape index (κ2) is 5.83. The van der Waals surface area contributed by atoms with Crippen LogP contribution in [0.1, 0.15) is 45.8 Å². The van der Waals surface area contributed by atoms with E-state index in [2.05, 4.69) is 42.5 Å².